The zero-order valence-corrected chi connectivity index (χ0v) is 12.2. The van der Waals surface area contributed by atoms with Gasteiger partial charge in [0.1, 0.15) is 0 Å². The molecule has 2 aliphatic heterocycles. The predicted molar refractivity (Wildman–Crippen MR) is 75.1 cm³/mol. The molecule has 2 saturated heterocycles. The zero-order valence-electron chi connectivity index (χ0n) is 12.2. The van der Waals surface area contributed by atoms with Crippen LogP contribution in [0.1, 0.15) is 43.9 Å². The fourth-order valence-electron chi connectivity index (χ4n) is 3.22. The average molecular weight is 263 g/mol. The fraction of sp³-hybridized carbons (Fsp3) is 0.800. The van der Waals surface area contributed by atoms with Crippen molar-refractivity contribution in [3.8, 4) is 0 Å². The summed E-state index contributed by atoms with van der Waals surface area (Å²) in [7, 11) is 0. The molecule has 0 atom stereocenters. The molecule has 1 aromatic heterocycles. The van der Waals surface area contributed by atoms with Gasteiger partial charge in [-0.3, -0.25) is 9.58 Å². The molecule has 106 valence electrons. The van der Waals surface area contributed by atoms with Crippen LogP contribution < -0.4 is 0 Å². The Morgan fingerprint density at radius 2 is 2.05 bits per heavy atom. The van der Waals surface area contributed by atoms with E-state index >= 15 is 0 Å². The lowest BCUT2D eigenvalue weighted by Crippen LogP contribution is -2.52. The molecule has 0 amide bonds. The lowest BCUT2D eigenvalue weighted by Gasteiger charge is -2.47. The summed E-state index contributed by atoms with van der Waals surface area (Å²) in [5.74, 6) is 0. The molecule has 3 heterocycles. The van der Waals surface area contributed by atoms with Gasteiger partial charge in [-0.1, -0.05) is 6.92 Å². The molecule has 2 fully saturated rings. The first-order valence-corrected chi connectivity index (χ1v) is 7.60. The van der Waals surface area contributed by atoms with Crippen LogP contribution in [0.15, 0.2) is 6.20 Å². The molecule has 1 aromatic rings. The quantitative estimate of drug-likeness (QED) is 0.835. The smallest absolute Gasteiger partial charge is 0.0728 e. The number of ether oxygens (including phenoxy) is 1. The maximum absolute atomic E-state index is 5.77. The van der Waals surface area contributed by atoms with Crippen LogP contribution in [0.3, 0.4) is 0 Å². The highest BCUT2D eigenvalue weighted by Crippen LogP contribution is 2.37. The van der Waals surface area contributed by atoms with Gasteiger partial charge in [-0.15, -0.1) is 0 Å². The summed E-state index contributed by atoms with van der Waals surface area (Å²) in [5.41, 5.74) is 2.98. The minimum absolute atomic E-state index is 0.262. The van der Waals surface area contributed by atoms with Gasteiger partial charge in [0.25, 0.3) is 0 Å². The lowest BCUT2D eigenvalue weighted by molar-refractivity contribution is -0.173. The van der Waals surface area contributed by atoms with E-state index in [4.69, 9.17) is 4.74 Å². The molecule has 0 N–H and O–H groups in total. The second-order valence-electron chi connectivity index (χ2n) is 6.04. The summed E-state index contributed by atoms with van der Waals surface area (Å²) in [4.78, 5) is 2.55. The first kappa shape index (κ1) is 13.1. The number of hydrogen-bond acceptors (Lipinski definition) is 3. The number of piperidine rings is 1. The second-order valence-corrected chi connectivity index (χ2v) is 6.04. The first-order valence-electron chi connectivity index (χ1n) is 7.60. The molecule has 3 rings (SSSR count). The lowest BCUT2D eigenvalue weighted by atomic mass is 9.84. The number of hydrogen-bond donors (Lipinski definition) is 0. The summed E-state index contributed by atoms with van der Waals surface area (Å²) in [5, 5.41) is 4.49. The highest BCUT2D eigenvalue weighted by molar-refractivity contribution is 5.16. The van der Waals surface area contributed by atoms with E-state index in [-0.39, 0.29) is 5.60 Å². The van der Waals surface area contributed by atoms with Crippen LogP contribution >= 0.6 is 0 Å². The van der Waals surface area contributed by atoms with Crippen LogP contribution in [0.2, 0.25) is 0 Å². The Morgan fingerprint density at radius 3 is 2.63 bits per heavy atom. The van der Waals surface area contributed by atoms with Crippen molar-refractivity contribution in [1.29, 1.82) is 0 Å². The van der Waals surface area contributed by atoms with Crippen molar-refractivity contribution < 1.29 is 4.74 Å². The Morgan fingerprint density at radius 1 is 1.32 bits per heavy atom. The molecule has 0 unspecified atom stereocenters. The molecular formula is C15H25N3O. The third-order valence-corrected chi connectivity index (χ3v) is 4.77. The highest BCUT2D eigenvalue weighted by atomic mass is 16.5. The van der Waals surface area contributed by atoms with Gasteiger partial charge in [-0.05, 0) is 32.6 Å². The summed E-state index contributed by atoms with van der Waals surface area (Å²) in [6, 6.07) is 0. The van der Waals surface area contributed by atoms with Gasteiger partial charge >= 0.3 is 0 Å². The van der Waals surface area contributed by atoms with Crippen LogP contribution in [-0.4, -0.2) is 40.0 Å². The average Bonchev–Trinajstić information content (AvgIpc) is 2.71. The summed E-state index contributed by atoms with van der Waals surface area (Å²) in [6.07, 6.45) is 6.87. The van der Waals surface area contributed by atoms with Crippen molar-refractivity contribution in [2.24, 2.45) is 0 Å². The molecule has 2 aliphatic rings. The van der Waals surface area contributed by atoms with Crippen molar-refractivity contribution in [2.75, 3.05) is 19.7 Å². The molecule has 0 bridgehead atoms. The zero-order chi connectivity index (χ0) is 13.3. The van der Waals surface area contributed by atoms with Gasteiger partial charge in [-0.2, -0.15) is 5.10 Å². The SMILES string of the molecule is CCCn1ncc(CN2CCC3(CCO3)CC2)c1C. The molecule has 1 spiro atoms. The maximum Gasteiger partial charge on any atom is 0.0728 e. The monoisotopic (exact) mass is 263 g/mol. The Hall–Kier alpha value is -0.870. The van der Waals surface area contributed by atoms with Crippen molar-refractivity contribution in [2.45, 2.75) is 58.2 Å². The minimum atomic E-state index is 0.262. The molecule has 4 heteroatoms. The fourth-order valence-corrected chi connectivity index (χ4v) is 3.22. The number of rotatable bonds is 4. The van der Waals surface area contributed by atoms with E-state index in [1.165, 1.54) is 43.6 Å². The largest absolute Gasteiger partial charge is 0.375 e. The van der Waals surface area contributed by atoms with Gasteiger partial charge in [0, 0.05) is 37.4 Å². The van der Waals surface area contributed by atoms with Gasteiger partial charge < -0.3 is 4.74 Å². The standard InChI is InChI=1S/C15H25N3O/c1-3-7-18-13(2)14(11-16-18)12-17-8-4-15(5-9-17)6-10-19-15/h11H,3-10,12H2,1-2H3. The van der Waals surface area contributed by atoms with Crippen molar-refractivity contribution in [3.05, 3.63) is 17.5 Å². The van der Waals surface area contributed by atoms with Crippen LogP contribution in [0.5, 0.6) is 0 Å². The first-order chi connectivity index (χ1) is 9.22. The normalized spacial score (nSPS) is 22.6. The Bertz CT molecular complexity index is 427. The van der Waals surface area contributed by atoms with Crippen molar-refractivity contribution >= 4 is 0 Å². The summed E-state index contributed by atoms with van der Waals surface area (Å²) >= 11 is 0. The van der Waals surface area contributed by atoms with Crippen LogP contribution in [0.25, 0.3) is 0 Å². The van der Waals surface area contributed by atoms with E-state index in [2.05, 4.69) is 34.7 Å². The molecule has 0 aliphatic carbocycles. The van der Waals surface area contributed by atoms with Crippen LogP contribution in [-0.2, 0) is 17.8 Å². The van der Waals surface area contributed by atoms with Gasteiger partial charge in [0.15, 0.2) is 0 Å². The van der Waals surface area contributed by atoms with Crippen molar-refractivity contribution in [3.63, 3.8) is 0 Å². The third kappa shape index (κ3) is 2.56. The molecular weight excluding hydrogens is 238 g/mol. The van der Waals surface area contributed by atoms with Gasteiger partial charge in [-0.25, -0.2) is 0 Å². The van der Waals surface area contributed by atoms with E-state index in [0.717, 1.165) is 26.1 Å². The topological polar surface area (TPSA) is 30.3 Å². The molecule has 0 saturated carbocycles. The second kappa shape index (κ2) is 5.25. The Kier molecular flexibility index (Phi) is 3.63. The summed E-state index contributed by atoms with van der Waals surface area (Å²) < 4.78 is 7.91. The van der Waals surface area contributed by atoms with Crippen LogP contribution in [0.4, 0.5) is 0 Å². The number of likely N-dealkylation sites (tertiary alicyclic amines) is 1. The summed E-state index contributed by atoms with van der Waals surface area (Å²) in [6.45, 7) is 9.77. The van der Waals surface area contributed by atoms with E-state index in [1.807, 2.05) is 0 Å². The Labute approximate surface area is 115 Å². The van der Waals surface area contributed by atoms with E-state index in [0.29, 0.717) is 0 Å². The maximum atomic E-state index is 5.77. The van der Waals surface area contributed by atoms with Crippen LogP contribution in [0, 0.1) is 6.92 Å². The number of nitrogens with zero attached hydrogens (tertiary/aromatic N) is 3. The molecule has 0 aromatic carbocycles. The van der Waals surface area contributed by atoms with E-state index in [1.54, 1.807) is 0 Å². The number of aromatic nitrogens is 2. The predicted octanol–water partition coefficient (Wildman–Crippen LogP) is 2.36. The van der Waals surface area contributed by atoms with E-state index in [9.17, 15) is 0 Å². The highest BCUT2D eigenvalue weighted by Gasteiger charge is 2.40. The van der Waals surface area contributed by atoms with Gasteiger partial charge in [0.05, 0.1) is 18.4 Å². The van der Waals surface area contributed by atoms with E-state index < -0.39 is 0 Å². The minimum Gasteiger partial charge on any atom is -0.375 e. The third-order valence-electron chi connectivity index (χ3n) is 4.77. The molecule has 0 radical (unpaired) electrons. The molecule has 19 heavy (non-hydrogen) atoms. The van der Waals surface area contributed by atoms with Gasteiger partial charge in [0.2, 0.25) is 0 Å². The molecule has 4 nitrogen and oxygen atoms in total. The van der Waals surface area contributed by atoms with Crippen molar-refractivity contribution in [1.82, 2.24) is 14.7 Å². The Balaban J connectivity index is 1.57. The number of aryl methyl sites for hydroxylation is 1.